The van der Waals surface area contributed by atoms with Gasteiger partial charge in [0.1, 0.15) is 17.8 Å². The van der Waals surface area contributed by atoms with Crippen LogP contribution < -0.4 is 10.1 Å². The number of urea groups is 1. The molecule has 1 fully saturated rings. The first-order chi connectivity index (χ1) is 16.8. The van der Waals surface area contributed by atoms with E-state index in [0.29, 0.717) is 23.4 Å². The average molecular weight is 511 g/mol. The zero-order valence-electron chi connectivity index (χ0n) is 18.2. The number of nitrogens with one attached hydrogen (secondary N) is 1. The van der Waals surface area contributed by atoms with Crippen LogP contribution in [0, 0.1) is 0 Å². The molecule has 0 spiro atoms. The number of aromatic nitrogens is 3. The van der Waals surface area contributed by atoms with Gasteiger partial charge in [-0.3, -0.25) is 9.69 Å². The lowest BCUT2D eigenvalue weighted by atomic mass is 10.0. The molecule has 14 heteroatoms. The summed E-state index contributed by atoms with van der Waals surface area (Å²) in [5.74, 6) is -0.580. The summed E-state index contributed by atoms with van der Waals surface area (Å²) in [5.41, 5.74) is -3.15. The number of halogens is 6. The monoisotopic (exact) mass is 511 g/mol. The number of alkyl halides is 6. The number of hydrogen-bond donors (Lipinski definition) is 1. The van der Waals surface area contributed by atoms with E-state index in [1.807, 2.05) is 0 Å². The van der Waals surface area contributed by atoms with Gasteiger partial charge in [-0.15, -0.1) is 5.10 Å². The molecule has 1 N–H and O–H groups in total. The lowest BCUT2D eigenvalue weighted by Gasteiger charge is -2.13. The second kappa shape index (κ2) is 9.02. The molecule has 188 valence electrons. The Kier molecular flexibility index (Phi) is 6.20. The third-order valence-electron chi connectivity index (χ3n) is 5.08. The van der Waals surface area contributed by atoms with E-state index in [2.05, 4.69) is 15.4 Å². The molecule has 1 saturated heterocycles. The molecular weight excluding hydrogens is 496 g/mol. The number of carbonyl (C=O) groups excluding carboxylic acids is 2. The third kappa shape index (κ3) is 5.16. The number of carbonyl (C=O) groups is 2. The van der Waals surface area contributed by atoms with Crippen molar-refractivity contribution in [1.82, 2.24) is 25.0 Å². The van der Waals surface area contributed by atoms with Gasteiger partial charge in [0, 0.05) is 5.56 Å². The van der Waals surface area contributed by atoms with Crippen LogP contribution in [-0.2, 0) is 23.7 Å². The van der Waals surface area contributed by atoms with E-state index in [1.54, 1.807) is 24.3 Å². The van der Waals surface area contributed by atoms with Crippen LogP contribution in [0.15, 0.2) is 54.5 Å². The fourth-order valence-electron chi connectivity index (χ4n) is 3.30. The van der Waals surface area contributed by atoms with Gasteiger partial charge in [-0.1, -0.05) is 12.1 Å². The number of hydrogen-bond acceptors (Lipinski definition) is 5. The highest BCUT2D eigenvalue weighted by molar-refractivity contribution is 6.13. The Bertz CT molecular complexity index is 1310. The summed E-state index contributed by atoms with van der Waals surface area (Å²) in [6.07, 6.45) is -8.05. The van der Waals surface area contributed by atoms with Crippen LogP contribution in [0.3, 0.4) is 0 Å². The Balaban J connectivity index is 1.59. The molecule has 0 bridgehead atoms. The second-order valence-electron chi connectivity index (χ2n) is 7.56. The predicted octanol–water partition coefficient (Wildman–Crippen LogP) is 4.54. The molecule has 3 aromatic rings. The number of nitrogens with zero attached hydrogens (tertiary/aromatic N) is 4. The largest absolute Gasteiger partial charge is 0.497 e. The number of benzene rings is 2. The molecule has 0 saturated carbocycles. The van der Waals surface area contributed by atoms with Crippen molar-refractivity contribution in [3.05, 3.63) is 71.2 Å². The van der Waals surface area contributed by atoms with E-state index >= 15 is 0 Å². The highest BCUT2D eigenvalue weighted by atomic mass is 19.4. The lowest BCUT2D eigenvalue weighted by Crippen LogP contribution is -2.30. The summed E-state index contributed by atoms with van der Waals surface area (Å²) in [5, 5.41) is 6.18. The molecular formula is C22H15F6N5O3. The number of rotatable bonds is 5. The van der Waals surface area contributed by atoms with Crippen LogP contribution in [0.5, 0.6) is 5.75 Å². The standard InChI is InChI=1S/C22H15F6N5O3/c1-36-16-4-2-12(3-5-16)9-33-19(34)17(30-20(33)35)10-32-11-29-18(31-32)13-6-14(21(23,24)25)8-15(7-13)22(26,27)28/h2-8,10-11H,9H2,1H3,(H,30,35)/b17-10-. The molecule has 0 aliphatic carbocycles. The molecule has 8 nitrogen and oxygen atoms in total. The van der Waals surface area contributed by atoms with Gasteiger partial charge in [-0.25, -0.2) is 14.5 Å². The first kappa shape index (κ1) is 24.8. The molecule has 1 aliphatic heterocycles. The molecule has 36 heavy (non-hydrogen) atoms. The van der Waals surface area contributed by atoms with Gasteiger partial charge in [-0.05, 0) is 35.9 Å². The molecule has 0 atom stereocenters. The number of ether oxygens (including phenoxy) is 1. The van der Waals surface area contributed by atoms with Crippen LogP contribution >= 0.6 is 0 Å². The Morgan fingerprint density at radius 3 is 2.14 bits per heavy atom. The van der Waals surface area contributed by atoms with Crippen LogP contribution in [0.2, 0.25) is 0 Å². The van der Waals surface area contributed by atoms with Crippen molar-refractivity contribution >= 4 is 18.1 Å². The molecule has 4 rings (SSSR count). The van der Waals surface area contributed by atoms with Gasteiger partial charge >= 0.3 is 18.4 Å². The van der Waals surface area contributed by atoms with Crippen molar-refractivity contribution in [3.63, 3.8) is 0 Å². The quantitative estimate of drug-likeness (QED) is 0.309. The summed E-state index contributed by atoms with van der Waals surface area (Å²) < 4.78 is 84.7. The Hall–Kier alpha value is -4.36. The summed E-state index contributed by atoms with van der Waals surface area (Å²) in [6.45, 7) is -0.0565. The topological polar surface area (TPSA) is 89.3 Å². The fraction of sp³-hybridized carbons (Fsp3) is 0.182. The van der Waals surface area contributed by atoms with Crippen LogP contribution in [0.25, 0.3) is 17.6 Å². The number of imide groups is 1. The van der Waals surface area contributed by atoms with E-state index in [4.69, 9.17) is 4.74 Å². The highest BCUT2D eigenvalue weighted by Crippen LogP contribution is 2.38. The fourth-order valence-corrected chi connectivity index (χ4v) is 3.30. The minimum atomic E-state index is -5.03. The van der Waals surface area contributed by atoms with Gasteiger partial charge in [0.25, 0.3) is 5.91 Å². The van der Waals surface area contributed by atoms with Crippen LogP contribution in [-0.4, -0.2) is 38.7 Å². The highest BCUT2D eigenvalue weighted by Gasteiger charge is 2.37. The first-order valence-electron chi connectivity index (χ1n) is 10.0. The van der Waals surface area contributed by atoms with E-state index in [0.717, 1.165) is 22.1 Å². The average Bonchev–Trinajstić information content (AvgIpc) is 3.38. The normalized spacial score (nSPS) is 15.5. The van der Waals surface area contributed by atoms with Crippen molar-refractivity contribution in [2.45, 2.75) is 18.9 Å². The van der Waals surface area contributed by atoms with E-state index in [-0.39, 0.29) is 18.3 Å². The smallest absolute Gasteiger partial charge is 0.416 e. The van der Waals surface area contributed by atoms with Crippen molar-refractivity contribution in [2.75, 3.05) is 7.11 Å². The molecule has 3 amide bonds. The summed E-state index contributed by atoms with van der Waals surface area (Å²) in [4.78, 5) is 29.6. The van der Waals surface area contributed by atoms with Gasteiger partial charge in [0.15, 0.2) is 5.82 Å². The second-order valence-corrected chi connectivity index (χ2v) is 7.56. The van der Waals surface area contributed by atoms with Gasteiger partial charge in [0.05, 0.1) is 31.0 Å². The van der Waals surface area contributed by atoms with Crippen LogP contribution in [0.4, 0.5) is 31.1 Å². The first-order valence-corrected chi connectivity index (χ1v) is 10.0. The summed E-state index contributed by atoms with van der Waals surface area (Å²) >= 11 is 0. The maximum Gasteiger partial charge on any atom is 0.416 e. The lowest BCUT2D eigenvalue weighted by molar-refractivity contribution is -0.143. The zero-order chi connectivity index (χ0) is 26.3. The predicted molar refractivity (Wildman–Crippen MR) is 112 cm³/mol. The van der Waals surface area contributed by atoms with Crippen LogP contribution in [0.1, 0.15) is 16.7 Å². The zero-order valence-corrected chi connectivity index (χ0v) is 18.2. The van der Waals surface area contributed by atoms with Gasteiger partial charge < -0.3 is 10.1 Å². The van der Waals surface area contributed by atoms with Crippen molar-refractivity contribution in [3.8, 4) is 17.1 Å². The summed E-state index contributed by atoms with van der Waals surface area (Å²) in [7, 11) is 1.49. The SMILES string of the molecule is COc1ccc(CN2C(=O)N/C(=C\n3cnc(-c4cc(C(F)(F)F)cc(C(F)(F)F)c4)n3)C2=O)cc1. The minimum absolute atomic E-state index is 0.00734. The van der Waals surface area contributed by atoms with Gasteiger partial charge in [0.2, 0.25) is 0 Å². The summed E-state index contributed by atoms with van der Waals surface area (Å²) in [6, 6.07) is 6.87. The van der Waals surface area contributed by atoms with E-state index < -0.39 is 46.8 Å². The third-order valence-corrected chi connectivity index (χ3v) is 5.08. The molecule has 1 aliphatic rings. The van der Waals surface area contributed by atoms with Crippen molar-refractivity contribution in [2.24, 2.45) is 0 Å². The Morgan fingerprint density at radius 1 is 0.972 bits per heavy atom. The van der Waals surface area contributed by atoms with Crippen molar-refractivity contribution in [1.29, 1.82) is 0 Å². The minimum Gasteiger partial charge on any atom is -0.497 e. The van der Waals surface area contributed by atoms with E-state index in [1.165, 1.54) is 7.11 Å². The molecule has 0 radical (unpaired) electrons. The van der Waals surface area contributed by atoms with E-state index in [9.17, 15) is 35.9 Å². The number of amides is 3. The van der Waals surface area contributed by atoms with Crippen molar-refractivity contribution < 1.29 is 40.7 Å². The molecule has 1 aromatic heterocycles. The number of methoxy groups -OCH3 is 1. The Morgan fingerprint density at radius 2 is 1.58 bits per heavy atom. The maximum atomic E-state index is 13.1. The van der Waals surface area contributed by atoms with Gasteiger partial charge in [-0.2, -0.15) is 26.3 Å². The Labute approximate surface area is 198 Å². The molecule has 0 unspecified atom stereocenters. The maximum absolute atomic E-state index is 13.1. The molecule has 2 aromatic carbocycles. The molecule has 2 heterocycles.